The zero-order valence-electron chi connectivity index (χ0n) is 11.9. The molecule has 0 aliphatic carbocycles. The van der Waals surface area contributed by atoms with Gasteiger partial charge >= 0.3 is 5.97 Å². The van der Waals surface area contributed by atoms with Crippen molar-refractivity contribution in [3.8, 4) is 0 Å². The number of nitro benzene ring substituents is 1. The molecule has 1 fully saturated rings. The molecule has 1 heterocycles. The molecule has 0 saturated carbocycles. The van der Waals surface area contributed by atoms with Crippen molar-refractivity contribution in [1.29, 1.82) is 0 Å². The highest BCUT2D eigenvalue weighted by Gasteiger charge is 2.37. The van der Waals surface area contributed by atoms with Gasteiger partial charge in [0.05, 0.1) is 12.0 Å². The average Bonchev–Trinajstić information content (AvgIpc) is 2.94. The largest absolute Gasteiger partial charge is 0.467 e. The SMILES string of the molecule is COC(=O)C1CCCN1C(=O)c1c(C)cccc1[N+](=O)[O-]. The van der Waals surface area contributed by atoms with Crippen LogP contribution in [0.3, 0.4) is 0 Å². The number of carbonyl (C=O) groups is 2. The molecule has 112 valence electrons. The smallest absolute Gasteiger partial charge is 0.328 e. The van der Waals surface area contributed by atoms with Gasteiger partial charge in [-0.25, -0.2) is 4.79 Å². The van der Waals surface area contributed by atoms with Crippen molar-refractivity contribution in [3.05, 3.63) is 39.4 Å². The first kappa shape index (κ1) is 15.0. The Labute approximate surface area is 121 Å². The van der Waals surface area contributed by atoms with Crippen molar-refractivity contribution in [2.75, 3.05) is 13.7 Å². The minimum atomic E-state index is -0.665. The lowest BCUT2D eigenvalue weighted by Crippen LogP contribution is -2.41. The molecule has 1 saturated heterocycles. The van der Waals surface area contributed by atoms with Gasteiger partial charge in [0, 0.05) is 12.6 Å². The third kappa shape index (κ3) is 2.72. The highest BCUT2D eigenvalue weighted by molar-refractivity contribution is 6.01. The number of rotatable bonds is 3. The van der Waals surface area contributed by atoms with Crippen LogP contribution in [-0.2, 0) is 9.53 Å². The molecule has 0 bridgehead atoms. The summed E-state index contributed by atoms with van der Waals surface area (Å²) < 4.78 is 4.69. The molecule has 1 unspecified atom stereocenters. The van der Waals surface area contributed by atoms with Crippen molar-refractivity contribution in [1.82, 2.24) is 4.90 Å². The van der Waals surface area contributed by atoms with Crippen LogP contribution in [0, 0.1) is 17.0 Å². The van der Waals surface area contributed by atoms with Gasteiger partial charge in [0.15, 0.2) is 0 Å². The summed E-state index contributed by atoms with van der Waals surface area (Å²) in [6, 6.07) is 3.81. The lowest BCUT2D eigenvalue weighted by molar-refractivity contribution is -0.385. The van der Waals surface area contributed by atoms with Crippen LogP contribution in [0.25, 0.3) is 0 Å². The minimum absolute atomic E-state index is 0.0401. The van der Waals surface area contributed by atoms with Crippen LogP contribution in [0.2, 0.25) is 0 Å². The number of aryl methyl sites for hydroxylation is 1. The van der Waals surface area contributed by atoms with Crippen LogP contribution in [0.1, 0.15) is 28.8 Å². The Balaban J connectivity index is 2.40. The third-order valence-corrected chi connectivity index (χ3v) is 3.65. The number of nitrogens with zero attached hydrogens (tertiary/aromatic N) is 2. The average molecular weight is 292 g/mol. The lowest BCUT2D eigenvalue weighted by atomic mass is 10.0. The number of hydrogen-bond donors (Lipinski definition) is 0. The van der Waals surface area contributed by atoms with E-state index in [0.29, 0.717) is 24.9 Å². The molecular formula is C14H16N2O5. The number of ether oxygens (including phenoxy) is 1. The van der Waals surface area contributed by atoms with E-state index in [1.165, 1.54) is 24.1 Å². The highest BCUT2D eigenvalue weighted by Crippen LogP contribution is 2.27. The number of nitro groups is 1. The summed E-state index contributed by atoms with van der Waals surface area (Å²) in [7, 11) is 1.26. The van der Waals surface area contributed by atoms with Gasteiger partial charge in [-0.15, -0.1) is 0 Å². The van der Waals surface area contributed by atoms with E-state index in [1.54, 1.807) is 13.0 Å². The highest BCUT2D eigenvalue weighted by atomic mass is 16.6. The number of benzene rings is 1. The zero-order chi connectivity index (χ0) is 15.6. The van der Waals surface area contributed by atoms with Gasteiger partial charge in [-0.05, 0) is 25.3 Å². The van der Waals surface area contributed by atoms with Crippen LogP contribution in [0.5, 0.6) is 0 Å². The van der Waals surface area contributed by atoms with Crippen LogP contribution in [0.4, 0.5) is 5.69 Å². The van der Waals surface area contributed by atoms with E-state index in [4.69, 9.17) is 4.74 Å². The van der Waals surface area contributed by atoms with Crippen molar-refractivity contribution < 1.29 is 19.2 Å². The molecule has 0 aromatic heterocycles. The van der Waals surface area contributed by atoms with Crippen LogP contribution < -0.4 is 0 Å². The maximum Gasteiger partial charge on any atom is 0.328 e. The molecular weight excluding hydrogens is 276 g/mol. The van der Waals surface area contributed by atoms with Gasteiger partial charge in [-0.3, -0.25) is 14.9 Å². The van der Waals surface area contributed by atoms with E-state index in [0.717, 1.165) is 0 Å². The lowest BCUT2D eigenvalue weighted by Gasteiger charge is -2.23. The number of carbonyl (C=O) groups excluding carboxylic acids is 2. The molecule has 1 amide bonds. The maximum absolute atomic E-state index is 12.6. The van der Waals surface area contributed by atoms with Crippen molar-refractivity contribution in [2.45, 2.75) is 25.8 Å². The van der Waals surface area contributed by atoms with Gasteiger partial charge in [0.25, 0.3) is 11.6 Å². The summed E-state index contributed by atoms with van der Waals surface area (Å²) in [5, 5.41) is 11.1. The second-order valence-corrected chi connectivity index (χ2v) is 4.91. The molecule has 1 aromatic rings. The summed E-state index contributed by atoms with van der Waals surface area (Å²) in [5.74, 6) is -0.982. The molecule has 0 radical (unpaired) electrons. The fourth-order valence-corrected chi connectivity index (χ4v) is 2.62. The van der Waals surface area contributed by atoms with E-state index in [-0.39, 0.29) is 11.3 Å². The first-order chi connectivity index (χ1) is 9.97. The van der Waals surface area contributed by atoms with Gasteiger partial charge in [-0.1, -0.05) is 12.1 Å². The Bertz CT molecular complexity index is 599. The second kappa shape index (κ2) is 5.90. The standard InChI is InChI=1S/C14H16N2O5/c1-9-5-3-6-10(16(19)20)12(9)13(17)15-8-4-7-11(15)14(18)21-2/h3,5-6,11H,4,7-8H2,1-2H3. The molecule has 2 rings (SSSR count). The Kier molecular flexibility index (Phi) is 4.21. The summed E-state index contributed by atoms with van der Waals surface area (Å²) in [4.78, 5) is 36.2. The van der Waals surface area contributed by atoms with Gasteiger partial charge < -0.3 is 9.64 Å². The molecule has 1 aliphatic heterocycles. The fourth-order valence-electron chi connectivity index (χ4n) is 2.62. The first-order valence-electron chi connectivity index (χ1n) is 6.60. The number of hydrogen-bond acceptors (Lipinski definition) is 5. The topological polar surface area (TPSA) is 89.8 Å². The normalized spacial score (nSPS) is 17.6. The molecule has 0 N–H and O–H groups in total. The van der Waals surface area contributed by atoms with Crippen LogP contribution in [-0.4, -0.2) is 41.4 Å². The Morgan fingerprint density at radius 2 is 2.14 bits per heavy atom. The molecule has 1 atom stereocenters. The molecule has 1 aromatic carbocycles. The van der Waals surface area contributed by atoms with E-state index in [9.17, 15) is 19.7 Å². The second-order valence-electron chi connectivity index (χ2n) is 4.91. The number of likely N-dealkylation sites (tertiary alicyclic amines) is 1. The van der Waals surface area contributed by atoms with Crippen molar-refractivity contribution in [2.24, 2.45) is 0 Å². The van der Waals surface area contributed by atoms with Gasteiger partial charge in [0.1, 0.15) is 11.6 Å². The molecule has 1 aliphatic rings. The maximum atomic E-state index is 12.6. The van der Waals surface area contributed by atoms with Crippen LogP contribution >= 0.6 is 0 Å². The Morgan fingerprint density at radius 1 is 1.43 bits per heavy atom. The zero-order valence-corrected chi connectivity index (χ0v) is 11.9. The first-order valence-corrected chi connectivity index (χ1v) is 6.60. The molecule has 7 heteroatoms. The quantitative estimate of drug-likeness (QED) is 0.480. The summed E-state index contributed by atoms with van der Waals surface area (Å²) in [5.41, 5.74) is 0.318. The van der Waals surface area contributed by atoms with Crippen LogP contribution in [0.15, 0.2) is 18.2 Å². The molecule has 7 nitrogen and oxygen atoms in total. The number of amides is 1. The number of esters is 1. The molecule has 0 spiro atoms. The van der Waals surface area contributed by atoms with Gasteiger partial charge in [-0.2, -0.15) is 0 Å². The predicted molar refractivity (Wildman–Crippen MR) is 73.9 cm³/mol. The van der Waals surface area contributed by atoms with E-state index < -0.39 is 22.8 Å². The monoisotopic (exact) mass is 292 g/mol. The summed E-state index contributed by atoms with van der Waals surface area (Å²) >= 11 is 0. The third-order valence-electron chi connectivity index (χ3n) is 3.65. The van der Waals surface area contributed by atoms with Crippen molar-refractivity contribution in [3.63, 3.8) is 0 Å². The Hall–Kier alpha value is -2.44. The summed E-state index contributed by atoms with van der Waals surface area (Å²) in [6.07, 6.45) is 1.18. The van der Waals surface area contributed by atoms with E-state index >= 15 is 0 Å². The fraction of sp³-hybridized carbons (Fsp3) is 0.429. The minimum Gasteiger partial charge on any atom is -0.467 e. The molecule has 21 heavy (non-hydrogen) atoms. The predicted octanol–water partition coefficient (Wildman–Crippen LogP) is 1.68. The van der Waals surface area contributed by atoms with E-state index in [2.05, 4.69) is 0 Å². The van der Waals surface area contributed by atoms with Crippen molar-refractivity contribution >= 4 is 17.6 Å². The van der Waals surface area contributed by atoms with Gasteiger partial charge in [0.2, 0.25) is 0 Å². The Morgan fingerprint density at radius 3 is 2.76 bits per heavy atom. The van der Waals surface area contributed by atoms with E-state index in [1.807, 2.05) is 0 Å². The summed E-state index contributed by atoms with van der Waals surface area (Å²) in [6.45, 7) is 2.04. The number of methoxy groups -OCH3 is 1.